The summed E-state index contributed by atoms with van der Waals surface area (Å²) in [6.07, 6.45) is 5.28. The van der Waals surface area contributed by atoms with Gasteiger partial charge >= 0.3 is 12.2 Å². The van der Waals surface area contributed by atoms with Crippen LogP contribution >= 0.6 is 0 Å². The van der Waals surface area contributed by atoms with E-state index in [9.17, 15) is 24.0 Å². The number of H-pyrrole nitrogens is 3. The second-order valence-electron chi connectivity index (χ2n) is 15.8. The maximum atomic E-state index is 13.6. The van der Waals surface area contributed by atoms with E-state index >= 15 is 0 Å². The first-order valence-corrected chi connectivity index (χ1v) is 20.0. The van der Waals surface area contributed by atoms with Gasteiger partial charge in [-0.15, -0.1) is 0 Å². The van der Waals surface area contributed by atoms with Crippen LogP contribution in [0.25, 0.3) is 44.7 Å². The quantitative estimate of drug-likeness (QED) is 0.105. The van der Waals surface area contributed by atoms with Crippen LogP contribution in [0.3, 0.4) is 0 Å². The number of imidazole rings is 2. The maximum Gasteiger partial charge on any atom is 0.407 e. The van der Waals surface area contributed by atoms with Gasteiger partial charge in [0.25, 0.3) is 0 Å². The molecule has 2 aliphatic heterocycles. The molecule has 0 saturated carbocycles. The number of likely N-dealkylation sites (tertiary alicyclic amines) is 2. The summed E-state index contributed by atoms with van der Waals surface area (Å²) >= 11 is 0. The number of rotatable bonds is 11. The molecule has 0 radical (unpaired) electrons. The Morgan fingerprint density at radius 2 is 1.12 bits per heavy atom. The van der Waals surface area contributed by atoms with E-state index in [1.165, 1.54) is 14.2 Å². The van der Waals surface area contributed by atoms with E-state index in [1.807, 2.05) is 70.2 Å². The van der Waals surface area contributed by atoms with Crippen LogP contribution < -0.4 is 16.1 Å². The third kappa shape index (κ3) is 8.43. The smallest absolute Gasteiger partial charge is 0.407 e. The molecule has 2 fully saturated rings. The molecule has 5 N–H and O–H groups in total. The molecule has 0 bridgehead atoms. The van der Waals surface area contributed by atoms with Crippen molar-refractivity contribution in [3.8, 4) is 33.8 Å². The van der Waals surface area contributed by atoms with Gasteiger partial charge in [0, 0.05) is 41.3 Å². The van der Waals surface area contributed by atoms with Crippen LogP contribution in [0.5, 0.6) is 0 Å². The van der Waals surface area contributed by atoms with E-state index in [4.69, 9.17) is 9.47 Å². The fourth-order valence-corrected chi connectivity index (χ4v) is 8.09. The van der Waals surface area contributed by atoms with Crippen LogP contribution in [0.4, 0.5) is 9.59 Å². The molecule has 0 aliphatic carbocycles. The van der Waals surface area contributed by atoms with E-state index in [1.54, 1.807) is 28.3 Å². The minimum atomic E-state index is -0.728. The zero-order valence-electron chi connectivity index (χ0n) is 34.1. The molecule has 2 aliphatic rings. The van der Waals surface area contributed by atoms with E-state index in [-0.39, 0.29) is 41.2 Å². The fourth-order valence-electron chi connectivity index (χ4n) is 8.09. The first-order valence-electron chi connectivity index (χ1n) is 20.0. The molecule has 310 valence electrons. The number of aromatic amines is 3. The van der Waals surface area contributed by atoms with Crippen molar-refractivity contribution >= 4 is 34.9 Å². The van der Waals surface area contributed by atoms with Crippen molar-refractivity contribution in [3.63, 3.8) is 0 Å². The lowest BCUT2D eigenvalue weighted by molar-refractivity contribution is -0.136. The van der Waals surface area contributed by atoms with Gasteiger partial charge in [-0.2, -0.15) is 0 Å². The zero-order chi connectivity index (χ0) is 42.0. The second kappa shape index (κ2) is 17.2. The molecule has 16 nitrogen and oxygen atoms in total. The lowest BCUT2D eigenvalue weighted by Crippen LogP contribution is -2.51. The second-order valence-corrected chi connectivity index (χ2v) is 15.8. The van der Waals surface area contributed by atoms with E-state index in [2.05, 4.69) is 35.6 Å². The van der Waals surface area contributed by atoms with Gasteiger partial charge in [0.1, 0.15) is 23.7 Å². The van der Waals surface area contributed by atoms with Gasteiger partial charge in [0.15, 0.2) is 5.43 Å². The van der Waals surface area contributed by atoms with Crippen LogP contribution in [0.2, 0.25) is 0 Å². The average molecular weight is 806 g/mol. The van der Waals surface area contributed by atoms with Crippen LogP contribution in [0, 0.1) is 11.8 Å². The molecule has 5 heterocycles. The predicted molar refractivity (Wildman–Crippen MR) is 221 cm³/mol. The number of fused-ring (bicyclic) bond motifs is 1. The molecule has 16 heteroatoms. The molecule has 4 amide bonds. The number of alkyl carbamates (subject to hydrolysis) is 2. The van der Waals surface area contributed by atoms with E-state index in [0.29, 0.717) is 41.3 Å². The number of carbonyl (C=O) groups is 4. The van der Waals surface area contributed by atoms with Gasteiger partial charge in [0.05, 0.1) is 50.1 Å². The largest absolute Gasteiger partial charge is 0.453 e. The van der Waals surface area contributed by atoms with Crippen LogP contribution in [-0.4, -0.2) is 98.1 Å². The summed E-state index contributed by atoms with van der Waals surface area (Å²) in [5.41, 5.74) is 5.23. The van der Waals surface area contributed by atoms with Crippen molar-refractivity contribution in [2.45, 2.75) is 77.5 Å². The molecule has 5 aromatic rings. The zero-order valence-corrected chi connectivity index (χ0v) is 34.1. The number of amides is 4. The maximum absolute atomic E-state index is 13.6. The van der Waals surface area contributed by atoms with Crippen LogP contribution in [0.15, 0.2) is 65.7 Å². The summed E-state index contributed by atoms with van der Waals surface area (Å²) in [6, 6.07) is 13.0. The molecule has 0 unspecified atom stereocenters. The summed E-state index contributed by atoms with van der Waals surface area (Å²) in [4.78, 5) is 87.7. The third-order valence-corrected chi connectivity index (χ3v) is 11.3. The first-order chi connectivity index (χ1) is 28.4. The molecular weight excluding hydrogens is 755 g/mol. The van der Waals surface area contributed by atoms with Gasteiger partial charge in [-0.1, -0.05) is 58.0 Å². The number of nitrogens with one attached hydrogen (secondary N) is 5. The Balaban J connectivity index is 1.05. The number of nitrogens with zero attached hydrogens (tertiary/aromatic N) is 4. The standard InChI is InChI=1S/C43H51N9O7/c1-23(2)36(49-42(56)58-5)40(54)51-17-7-9-33(51)38-44-21-31(47-38)26-13-11-25(12-14-26)30-20-35(53)28-19-27(15-16-29(28)46-30)32-22-45-39(48-32)34-10-8-18-52(34)41(55)37(24(3)4)50-43(57)59-6/h11-16,19-24,33-34,36-37H,7-10,17-18H2,1-6H3,(H,44,47)(H,45,48)(H,46,53)(H,49,56)(H,50,57)/t33-,34-,36-,37-/m0/s1. The molecular formula is C43H51N9O7. The normalized spacial score (nSPS) is 17.7. The Labute approximate surface area is 341 Å². The average Bonchev–Trinajstić information content (AvgIpc) is 4.08. The molecule has 4 atom stereocenters. The Kier molecular flexibility index (Phi) is 11.9. The topological polar surface area (TPSA) is 207 Å². The Bertz CT molecular complexity index is 2400. The van der Waals surface area contributed by atoms with Crippen molar-refractivity contribution in [2.75, 3.05) is 27.3 Å². The Morgan fingerprint density at radius 1 is 0.661 bits per heavy atom. The summed E-state index contributed by atoms with van der Waals surface area (Å²) in [5, 5.41) is 5.88. The first kappa shape index (κ1) is 40.7. The minimum Gasteiger partial charge on any atom is -0.453 e. The third-order valence-electron chi connectivity index (χ3n) is 11.3. The predicted octanol–water partition coefficient (Wildman–Crippen LogP) is 6.06. The highest BCUT2D eigenvalue weighted by atomic mass is 16.5. The molecule has 2 aromatic carbocycles. The number of carbonyl (C=O) groups excluding carboxylic acids is 4. The van der Waals surface area contributed by atoms with E-state index in [0.717, 1.165) is 53.8 Å². The lowest BCUT2D eigenvalue weighted by atomic mass is 10.0. The number of aromatic nitrogens is 5. The van der Waals surface area contributed by atoms with Crippen LogP contribution in [-0.2, 0) is 19.1 Å². The summed E-state index contributed by atoms with van der Waals surface area (Å²) in [5.74, 6) is 0.710. The summed E-state index contributed by atoms with van der Waals surface area (Å²) in [6.45, 7) is 8.64. The number of hydrogen-bond donors (Lipinski definition) is 5. The number of ether oxygens (including phenoxy) is 2. The number of benzene rings is 2. The number of methoxy groups -OCH3 is 2. The van der Waals surface area contributed by atoms with Gasteiger partial charge in [0.2, 0.25) is 11.8 Å². The number of hydrogen-bond acceptors (Lipinski definition) is 9. The lowest BCUT2D eigenvalue weighted by Gasteiger charge is -2.30. The molecule has 3 aromatic heterocycles. The molecule has 59 heavy (non-hydrogen) atoms. The van der Waals surface area contributed by atoms with Crippen molar-refractivity contribution in [2.24, 2.45) is 11.8 Å². The van der Waals surface area contributed by atoms with Crippen molar-refractivity contribution in [1.29, 1.82) is 0 Å². The fraction of sp³-hybridized carbons (Fsp3) is 0.419. The monoisotopic (exact) mass is 805 g/mol. The summed E-state index contributed by atoms with van der Waals surface area (Å²) in [7, 11) is 2.55. The Morgan fingerprint density at radius 3 is 1.59 bits per heavy atom. The molecule has 0 spiro atoms. The van der Waals surface area contributed by atoms with Crippen molar-refractivity contribution in [3.05, 3.63) is 82.8 Å². The Hall–Kier alpha value is -6.45. The van der Waals surface area contributed by atoms with Gasteiger partial charge in [-0.3, -0.25) is 14.4 Å². The summed E-state index contributed by atoms with van der Waals surface area (Å²) < 4.78 is 9.50. The minimum absolute atomic E-state index is 0.127. The van der Waals surface area contributed by atoms with Crippen LogP contribution in [0.1, 0.15) is 77.1 Å². The highest BCUT2D eigenvalue weighted by Gasteiger charge is 2.39. The van der Waals surface area contributed by atoms with Gasteiger partial charge in [-0.25, -0.2) is 19.6 Å². The molecule has 2 saturated heterocycles. The van der Waals surface area contributed by atoms with Crippen molar-refractivity contribution < 1.29 is 28.7 Å². The highest BCUT2D eigenvalue weighted by Crippen LogP contribution is 2.35. The molecule has 7 rings (SSSR count). The van der Waals surface area contributed by atoms with Gasteiger partial charge < -0.3 is 44.9 Å². The van der Waals surface area contributed by atoms with Gasteiger partial charge in [-0.05, 0) is 60.8 Å². The van der Waals surface area contributed by atoms with Crippen molar-refractivity contribution in [1.82, 2.24) is 45.4 Å². The van der Waals surface area contributed by atoms with E-state index < -0.39 is 24.3 Å². The highest BCUT2D eigenvalue weighted by molar-refractivity contribution is 5.88. The number of pyridine rings is 1. The SMILES string of the molecule is COC(=O)N[C@H](C(=O)N1CCC[C@H]1c1ncc(-c2ccc(-c3cc(=O)c4cc(-c5cnc([C@@H]6CCCN6C(=O)[C@@H](NC(=O)OC)C(C)C)[nH]5)ccc4[nH]3)cc2)[nH]1)C(C)C.